The van der Waals surface area contributed by atoms with E-state index in [0.717, 1.165) is 54.9 Å². The second-order valence-electron chi connectivity index (χ2n) is 9.16. The van der Waals surface area contributed by atoms with E-state index >= 15 is 0 Å². The molecule has 3 atom stereocenters. The number of fused-ring (bicyclic) bond motifs is 2. The predicted octanol–water partition coefficient (Wildman–Crippen LogP) is 2.78. The van der Waals surface area contributed by atoms with Crippen LogP contribution in [0.4, 0.5) is 15.9 Å². The molecule has 9 heteroatoms. The Bertz CT molecular complexity index is 1200. The molecule has 2 aliphatic heterocycles. The number of amides is 1. The fourth-order valence-corrected chi connectivity index (χ4v) is 4.90. The molecule has 1 amide bonds. The maximum atomic E-state index is 14.7. The van der Waals surface area contributed by atoms with Crippen LogP contribution in [0.2, 0.25) is 0 Å². The van der Waals surface area contributed by atoms with E-state index in [1.54, 1.807) is 25.3 Å². The van der Waals surface area contributed by atoms with Crippen molar-refractivity contribution in [1.29, 1.82) is 0 Å². The molecular weight excluding hydrogens is 435 g/mol. The molecule has 2 saturated heterocycles. The molecule has 2 aromatic heterocycles. The fourth-order valence-electron chi connectivity index (χ4n) is 4.90. The number of ether oxygens (including phenoxy) is 1. The number of carbonyl (C=O) groups excluding carboxylic acids is 1. The van der Waals surface area contributed by atoms with Gasteiger partial charge >= 0.3 is 0 Å². The van der Waals surface area contributed by atoms with E-state index in [0.29, 0.717) is 23.2 Å². The Morgan fingerprint density at radius 1 is 1.29 bits per heavy atom. The van der Waals surface area contributed by atoms with Gasteiger partial charge in [0.25, 0.3) is 0 Å². The predicted molar refractivity (Wildman–Crippen MR) is 130 cm³/mol. The molecule has 34 heavy (non-hydrogen) atoms. The van der Waals surface area contributed by atoms with Crippen molar-refractivity contribution in [3.8, 4) is 17.0 Å². The van der Waals surface area contributed by atoms with E-state index in [2.05, 4.69) is 20.5 Å². The van der Waals surface area contributed by atoms with Crippen molar-refractivity contribution >= 4 is 28.3 Å². The van der Waals surface area contributed by atoms with Gasteiger partial charge in [0.15, 0.2) is 11.6 Å². The SMILES string of the molecule is COc1cc2nc(-c3ccc(NC(=O)C(C)N)nc3)cc(N3CC4CCNCC4C3)c2cc1F. The number of nitrogens with zero attached hydrogens (tertiary/aromatic N) is 3. The van der Waals surface area contributed by atoms with E-state index < -0.39 is 11.9 Å². The molecule has 0 aliphatic carbocycles. The Kier molecular flexibility index (Phi) is 6.05. The first-order valence-corrected chi connectivity index (χ1v) is 11.6. The van der Waals surface area contributed by atoms with Crippen molar-refractivity contribution in [2.45, 2.75) is 19.4 Å². The van der Waals surface area contributed by atoms with E-state index in [1.165, 1.54) is 13.2 Å². The standard InChI is InChI=1S/C25H29FN6O2/c1-14(27)25(33)31-24-4-3-15(11-29-24)20-8-22(32-12-16-5-6-28-10-17(16)13-32)18-7-19(26)23(34-2)9-21(18)30-20/h3-4,7-9,11,14,16-17,28H,5-6,10,12-13,27H2,1-2H3,(H,29,31,33). The molecule has 4 heterocycles. The highest BCUT2D eigenvalue weighted by Crippen LogP contribution is 2.38. The van der Waals surface area contributed by atoms with Gasteiger partial charge in [0.1, 0.15) is 5.82 Å². The summed E-state index contributed by atoms with van der Waals surface area (Å²) in [5.74, 6) is 1.09. The molecule has 2 fully saturated rings. The zero-order valence-corrected chi connectivity index (χ0v) is 19.3. The molecule has 3 unspecified atom stereocenters. The molecule has 178 valence electrons. The number of methoxy groups -OCH3 is 1. The molecule has 0 saturated carbocycles. The van der Waals surface area contributed by atoms with Crippen molar-refractivity contribution < 1.29 is 13.9 Å². The van der Waals surface area contributed by atoms with Gasteiger partial charge in [0.2, 0.25) is 5.91 Å². The topological polar surface area (TPSA) is 105 Å². The summed E-state index contributed by atoms with van der Waals surface area (Å²) in [6, 6.07) is 8.13. The quantitative estimate of drug-likeness (QED) is 0.533. The second-order valence-corrected chi connectivity index (χ2v) is 9.16. The van der Waals surface area contributed by atoms with Crippen LogP contribution in [0.25, 0.3) is 22.2 Å². The van der Waals surface area contributed by atoms with Crippen LogP contribution in [0.15, 0.2) is 36.5 Å². The molecule has 1 aromatic carbocycles. The van der Waals surface area contributed by atoms with E-state index in [-0.39, 0.29) is 11.7 Å². The van der Waals surface area contributed by atoms with Gasteiger partial charge < -0.3 is 26.0 Å². The van der Waals surface area contributed by atoms with Gasteiger partial charge in [-0.05, 0) is 62.5 Å². The van der Waals surface area contributed by atoms with Crippen molar-refractivity contribution in [3.05, 3.63) is 42.3 Å². The highest BCUT2D eigenvalue weighted by molar-refractivity contribution is 5.96. The van der Waals surface area contributed by atoms with Crippen LogP contribution >= 0.6 is 0 Å². The summed E-state index contributed by atoms with van der Waals surface area (Å²) in [7, 11) is 1.45. The Labute approximate surface area is 197 Å². The number of benzene rings is 1. The van der Waals surface area contributed by atoms with Gasteiger partial charge in [-0.15, -0.1) is 0 Å². The second kappa shape index (κ2) is 9.15. The third kappa shape index (κ3) is 4.28. The normalized spacial score (nSPS) is 20.8. The molecule has 3 aromatic rings. The van der Waals surface area contributed by atoms with Crippen LogP contribution in [-0.4, -0.2) is 55.2 Å². The number of halogens is 1. The molecular formula is C25H29FN6O2. The molecule has 0 radical (unpaired) electrons. The summed E-state index contributed by atoms with van der Waals surface area (Å²) in [6.45, 7) is 5.54. The van der Waals surface area contributed by atoms with Gasteiger partial charge in [-0.2, -0.15) is 0 Å². The number of nitrogens with one attached hydrogen (secondary N) is 2. The van der Waals surface area contributed by atoms with Crippen LogP contribution < -0.4 is 26.0 Å². The first-order valence-electron chi connectivity index (χ1n) is 11.6. The minimum Gasteiger partial charge on any atom is -0.494 e. The highest BCUT2D eigenvalue weighted by atomic mass is 19.1. The number of pyridine rings is 2. The van der Waals surface area contributed by atoms with E-state index in [9.17, 15) is 9.18 Å². The maximum absolute atomic E-state index is 14.7. The fraction of sp³-hybridized carbons (Fsp3) is 0.400. The summed E-state index contributed by atoms with van der Waals surface area (Å²) < 4.78 is 19.9. The van der Waals surface area contributed by atoms with E-state index in [1.807, 2.05) is 12.1 Å². The monoisotopic (exact) mass is 464 g/mol. The van der Waals surface area contributed by atoms with Gasteiger partial charge in [0, 0.05) is 42.0 Å². The smallest absolute Gasteiger partial charge is 0.242 e. The van der Waals surface area contributed by atoms with Crippen LogP contribution in [0.3, 0.4) is 0 Å². The summed E-state index contributed by atoms with van der Waals surface area (Å²) in [6.07, 6.45) is 2.82. The summed E-state index contributed by atoms with van der Waals surface area (Å²) in [5.41, 5.74) is 8.76. The highest BCUT2D eigenvalue weighted by Gasteiger charge is 2.35. The number of piperidine rings is 1. The van der Waals surface area contributed by atoms with Crippen molar-refractivity contribution in [2.24, 2.45) is 17.6 Å². The van der Waals surface area contributed by atoms with Crippen molar-refractivity contribution in [3.63, 3.8) is 0 Å². The third-order valence-corrected chi connectivity index (χ3v) is 6.80. The summed E-state index contributed by atoms with van der Waals surface area (Å²) in [5, 5.41) is 6.94. The minimum atomic E-state index is -0.624. The van der Waals surface area contributed by atoms with Crippen LogP contribution in [0.1, 0.15) is 13.3 Å². The lowest BCUT2D eigenvalue weighted by Gasteiger charge is -2.23. The Balaban J connectivity index is 1.55. The van der Waals surface area contributed by atoms with Gasteiger partial charge in [-0.3, -0.25) is 4.79 Å². The van der Waals surface area contributed by atoms with Crippen LogP contribution in [0.5, 0.6) is 5.75 Å². The number of rotatable bonds is 5. The van der Waals surface area contributed by atoms with Crippen molar-refractivity contribution in [2.75, 3.05) is 43.5 Å². The first kappa shape index (κ1) is 22.5. The molecule has 5 rings (SSSR count). The molecule has 2 aliphatic rings. The van der Waals surface area contributed by atoms with Gasteiger partial charge in [-0.25, -0.2) is 14.4 Å². The molecule has 0 bridgehead atoms. The lowest BCUT2D eigenvalue weighted by molar-refractivity contribution is -0.117. The van der Waals surface area contributed by atoms with Gasteiger partial charge in [0.05, 0.1) is 24.4 Å². The third-order valence-electron chi connectivity index (χ3n) is 6.80. The number of anilines is 2. The average Bonchev–Trinajstić information content (AvgIpc) is 3.27. The minimum absolute atomic E-state index is 0.162. The summed E-state index contributed by atoms with van der Waals surface area (Å²) in [4.78, 5) is 23.4. The number of aromatic nitrogens is 2. The summed E-state index contributed by atoms with van der Waals surface area (Å²) >= 11 is 0. The Morgan fingerprint density at radius 2 is 2.12 bits per heavy atom. The molecule has 0 spiro atoms. The zero-order chi connectivity index (χ0) is 23.8. The lowest BCUT2D eigenvalue weighted by atomic mass is 9.90. The van der Waals surface area contributed by atoms with Crippen LogP contribution in [-0.2, 0) is 4.79 Å². The zero-order valence-electron chi connectivity index (χ0n) is 19.3. The number of carbonyl (C=O) groups is 1. The molecule has 8 nitrogen and oxygen atoms in total. The lowest BCUT2D eigenvalue weighted by Crippen LogP contribution is -2.35. The Morgan fingerprint density at radius 3 is 2.82 bits per heavy atom. The van der Waals surface area contributed by atoms with E-state index in [4.69, 9.17) is 15.5 Å². The average molecular weight is 465 g/mol. The first-order chi connectivity index (χ1) is 16.4. The van der Waals surface area contributed by atoms with Crippen LogP contribution in [0, 0.1) is 17.7 Å². The van der Waals surface area contributed by atoms with Gasteiger partial charge in [-0.1, -0.05) is 0 Å². The van der Waals surface area contributed by atoms with Crippen molar-refractivity contribution in [1.82, 2.24) is 15.3 Å². The number of hydrogen-bond donors (Lipinski definition) is 3. The Hall–Kier alpha value is -3.30. The number of hydrogen-bond acceptors (Lipinski definition) is 7. The number of nitrogens with two attached hydrogens (primary N) is 1. The maximum Gasteiger partial charge on any atom is 0.242 e. The molecule has 4 N–H and O–H groups in total. The largest absolute Gasteiger partial charge is 0.494 e.